The summed E-state index contributed by atoms with van der Waals surface area (Å²) in [7, 11) is 0. The standard InChI is InChI=1S/C18H13Cl2F3N4O/c1-10-7-12(19)4-5-14(10)27-6-2-3-15(27)17(28)26-25-16-13(20)8-11(9-24-16)18(21,22)23/h2-9H,1H3,(H,24,25)(H,26,28). The van der Waals surface area contributed by atoms with Gasteiger partial charge in [-0.1, -0.05) is 23.2 Å². The molecule has 0 fully saturated rings. The van der Waals surface area contributed by atoms with Crippen LogP contribution in [0.3, 0.4) is 0 Å². The molecule has 0 bridgehead atoms. The molecule has 0 aliphatic rings. The first-order valence-corrected chi connectivity index (χ1v) is 8.65. The van der Waals surface area contributed by atoms with Gasteiger partial charge in [0.25, 0.3) is 5.91 Å². The Hall–Kier alpha value is -2.71. The number of anilines is 1. The maximum Gasteiger partial charge on any atom is 0.417 e. The van der Waals surface area contributed by atoms with Crippen molar-refractivity contribution in [2.24, 2.45) is 0 Å². The number of benzene rings is 1. The van der Waals surface area contributed by atoms with Crippen LogP contribution in [0, 0.1) is 6.92 Å². The van der Waals surface area contributed by atoms with E-state index in [9.17, 15) is 18.0 Å². The molecule has 1 amide bonds. The fraction of sp³-hybridized carbons (Fsp3) is 0.111. The Balaban J connectivity index is 1.78. The Morgan fingerprint density at radius 3 is 2.57 bits per heavy atom. The van der Waals surface area contributed by atoms with E-state index in [0.29, 0.717) is 16.9 Å². The molecule has 0 spiro atoms. The summed E-state index contributed by atoms with van der Waals surface area (Å²) in [5, 5.41) is 0.295. The highest BCUT2D eigenvalue weighted by molar-refractivity contribution is 6.33. The van der Waals surface area contributed by atoms with E-state index in [2.05, 4.69) is 15.8 Å². The third-order valence-electron chi connectivity index (χ3n) is 3.86. The molecule has 1 aromatic carbocycles. The minimum Gasteiger partial charge on any atom is -0.312 e. The predicted octanol–water partition coefficient (Wildman–Crippen LogP) is 5.26. The van der Waals surface area contributed by atoms with Crippen molar-refractivity contribution in [1.82, 2.24) is 15.0 Å². The minimum absolute atomic E-state index is 0.108. The zero-order valence-corrected chi connectivity index (χ0v) is 15.8. The predicted molar refractivity (Wildman–Crippen MR) is 101 cm³/mol. The fourth-order valence-corrected chi connectivity index (χ4v) is 2.97. The normalized spacial score (nSPS) is 11.4. The smallest absolute Gasteiger partial charge is 0.312 e. The maximum atomic E-state index is 12.7. The number of carbonyl (C=O) groups is 1. The van der Waals surface area contributed by atoms with Crippen molar-refractivity contribution < 1.29 is 18.0 Å². The number of aryl methyl sites for hydroxylation is 1. The molecule has 0 radical (unpaired) electrons. The number of nitrogens with zero attached hydrogens (tertiary/aromatic N) is 2. The van der Waals surface area contributed by atoms with Gasteiger partial charge in [-0.25, -0.2) is 4.98 Å². The number of amides is 1. The number of alkyl halides is 3. The Bertz CT molecular complexity index is 1030. The number of hydrogen-bond acceptors (Lipinski definition) is 3. The van der Waals surface area contributed by atoms with Crippen LogP contribution < -0.4 is 10.9 Å². The number of pyridine rings is 1. The molecule has 28 heavy (non-hydrogen) atoms. The quantitative estimate of drug-likeness (QED) is 0.556. The van der Waals surface area contributed by atoms with E-state index in [1.54, 1.807) is 41.1 Å². The molecule has 2 aromatic heterocycles. The number of hydrogen-bond donors (Lipinski definition) is 2. The second-order valence-electron chi connectivity index (χ2n) is 5.83. The molecule has 3 rings (SSSR count). The first-order valence-electron chi connectivity index (χ1n) is 7.90. The van der Waals surface area contributed by atoms with E-state index in [-0.39, 0.29) is 10.8 Å². The summed E-state index contributed by atoms with van der Waals surface area (Å²) in [6.45, 7) is 1.85. The Kier molecular flexibility index (Phi) is 5.53. The van der Waals surface area contributed by atoms with Crippen LogP contribution in [-0.4, -0.2) is 15.5 Å². The number of hydrazine groups is 1. The van der Waals surface area contributed by atoms with E-state index in [1.807, 2.05) is 6.92 Å². The third-order valence-corrected chi connectivity index (χ3v) is 4.39. The van der Waals surface area contributed by atoms with Gasteiger partial charge in [0.05, 0.1) is 10.6 Å². The van der Waals surface area contributed by atoms with E-state index in [4.69, 9.17) is 23.2 Å². The highest BCUT2D eigenvalue weighted by Crippen LogP contribution is 2.32. The van der Waals surface area contributed by atoms with E-state index >= 15 is 0 Å². The summed E-state index contributed by atoms with van der Waals surface area (Å²) in [6, 6.07) is 9.25. The van der Waals surface area contributed by atoms with Gasteiger partial charge in [0, 0.05) is 23.1 Å². The van der Waals surface area contributed by atoms with Crippen LogP contribution >= 0.6 is 23.2 Å². The molecule has 0 atom stereocenters. The van der Waals surface area contributed by atoms with Gasteiger partial charge in [0.15, 0.2) is 5.82 Å². The van der Waals surface area contributed by atoms with Crippen LogP contribution in [0.1, 0.15) is 21.6 Å². The second kappa shape index (κ2) is 7.73. The molecule has 5 nitrogen and oxygen atoms in total. The van der Waals surface area contributed by atoms with Gasteiger partial charge in [-0.15, -0.1) is 0 Å². The van der Waals surface area contributed by atoms with Crippen molar-refractivity contribution in [3.63, 3.8) is 0 Å². The molecule has 0 aliphatic carbocycles. The molecule has 2 N–H and O–H groups in total. The van der Waals surface area contributed by atoms with Crippen LogP contribution in [0.25, 0.3) is 5.69 Å². The SMILES string of the molecule is Cc1cc(Cl)ccc1-n1cccc1C(=O)NNc1ncc(C(F)(F)F)cc1Cl. The molecule has 10 heteroatoms. The van der Waals surface area contributed by atoms with Gasteiger partial charge >= 0.3 is 6.18 Å². The highest BCUT2D eigenvalue weighted by atomic mass is 35.5. The summed E-state index contributed by atoms with van der Waals surface area (Å²) in [4.78, 5) is 16.1. The van der Waals surface area contributed by atoms with E-state index < -0.39 is 17.6 Å². The van der Waals surface area contributed by atoms with Crippen molar-refractivity contribution in [3.05, 3.63) is 75.7 Å². The zero-order chi connectivity index (χ0) is 20.5. The Morgan fingerprint density at radius 1 is 1.18 bits per heavy atom. The summed E-state index contributed by atoms with van der Waals surface area (Å²) >= 11 is 11.8. The summed E-state index contributed by atoms with van der Waals surface area (Å²) in [6.07, 6.45) is -2.23. The van der Waals surface area contributed by atoms with Gasteiger partial charge in [-0.2, -0.15) is 13.2 Å². The highest BCUT2D eigenvalue weighted by Gasteiger charge is 2.31. The number of nitrogens with one attached hydrogen (secondary N) is 2. The van der Waals surface area contributed by atoms with Gasteiger partial charge in [-0.05, 0) is 48.9 Å². The van der Waals surface area contributed by atoms with Crippen LogP contribution in [0.2, 0.25) is 10.0 Å². The van der Waals surface area contributed by atoms with Crippen molar-refractivity contribution in [2.45, 2.75) is 13.1 Å². The average molecular weight is 429 g/mol. The monoisotopic (exact) mass is 428 g/mol. The fourth-order valence-electron chi connectivity index (χ4n) is 2.53. The van der Waals surface area contributed by atoms with Crippen molar-refractivity contribution in [2.75, 3.05) is 5.43 Å². The van der Waals surface area contributed by atoms with Crippen LogP contribution in [-0.2, 0) is 6.18 Å². The zero-order valence-electron chi connectivity index (χ0n) is 14.3. The summed E-state index contributed by atoms with van der Waals surface area (Å²) in [5.74, 6) is -0.638. The third kappa shape index (κ3) is 4.23. The van der Waals surface area contributed by atoms with Crippen molar-refractivity contribution in [3.8, 4) is 5.69 Å². The van der Waals surface area contributed by atoms with Crippen LogP contribution in [0.4, 0.5) is 19.0 Å². The molecule has 146 valence electrons. The lowest BCUT2D eigenvalue weighted by Gasteiger charge is -2.14. The van der Waals surface area contributed by atoms with E-state index in [0.717, 1.165) is 17.3 Å². The largest absolute Gasteiger partial charge is 0.417 e. The number of carbonyl (C=O) groups excluding carboxylic acids is 1. The minimum atomic E-state index is -4.56. The summed E-state index contributed by atoms with van der Waals surface area (Å²) < 4.78 is 39.6. The van der Waals surface area contributed by atoms with Crippen LogP contribution in [0.15, 0.2) is 48.8 Å². The van der Waals surface area contributed by atoms with E-state index in [1.165, 1.54) is 0 Å². The molecule has 0 saturated heterocycles. The average Bonchev–Trinajstić information content (AvgIpc) is 3.09. The van der Waals surface area contributed by atoms with Gasteiger partial charge in [0.1, 0.15) is 5.69 Å². The Morgan fingerprint density at radius 2 is 1.93 bits per heavy atom. The molecule has 0 aliphatic heterocycles. The lowest BCUT2D eigenvalue weighted by Crippen LogP contribution is -2.31. The molecule has 0 saturated carbocycles. The number of halogens is 5. The van der Waals surface area contributed by atoms with Crippen LogP contribution in [0.5, 0.6) is 0 Å². The van der Waals surface area contributed by atoms with Gasteiger partial charge < -0.3 is 4.57 Å². The lowest BCUT2D eigenvalue weighted by molar-refractivity contribution is -0.137. The van der Waals surface area contributed by atoms with Gasteiger partial charge in [0.2, 0.25) is 0 Å². The number of rotatable bonds is 4. The summed E-state index contributed by atoms with van der Waals surface area (Å²) in [5.41, 5.74) is 5.74. The topological polar surface area (TPSA) is 59.0 Å². The van der Waals surface area contributed by atoms with Gasteiger partial charge in [-0.3, -0.25) is 15.6 Å². The first kappa shape index (κ1) is 20.0. The molecule has 3 aromatic rings. The van der Waals surface area contributed by atoms with Crippen molar-refractivity contribution >= 4 is 34.9 Å². The van der Waals surface area contributed by atoms with Crippen molar-refractivity contribution in [1.29, 1.82) is 0 Å². The molecular weight excluding hydrogens is 416 g/mol. The first-order chi connectivity index (χ1) is 13.2. The lowest BCUT2D eigenvalue weighted by atomic mass is 10.2. The maximum absolute atomic E-state index is 12.7. The number of aromatic nitrogens is 2. The molecular formula is C18H13Cl2F3N4O. The Labute approximate surface area is 168 Å². The second-order valence-corrected chi connectivity index (χ2v) is 6.67. The molecule has 0 unspecified atom stereocenters. The molecule has 2 heterocycles.